The summed E-state index contributed by atoms with van der Waals surface area (Å²) in [5.41, 5.74) is 6.37. The van der Waals surface area contributed by atoms with Gasteiger partial charge in [-0.2, -0.15) is 0 Å². The highest BCUT2D eigenvalue weighted by Crippen LogP contribution is 2.43. The number of esters is 1. The second kappa shape index (κ2) is 9.11. The zero-order valence-electron chi connectivity index (χ0n) is 17.7. The minimum atomic E-state index is -0.538. The van der Waals surface area contributed by atoms with Crippen LogP contribution in [0.25, 0.3) is 11.1 Å². The van der Waals surface area contributed by atoms with Gasteiger partial charge in [0.25, 0.3) is 0 Å². The Labute approximate surface area is 187 Å². The first-order chi connectivity index (χ1) is 14.2. The van der Waals surface area contributed by atoms with Gasteiger partial charge >= 0.3 is 5.97 Å². The van der Waals surface area contributed by atoms with Gasteiger partial charge in [-0.25, -0.2) is 4.79 Å². The van der Waals surface area contributed by atoms with Crippen LogP contribution in [0.3, 0.4) is 0 Å². The second-order valence-electron chi connectivity index (χ2n) is 7.21. The van der Waals surface area contributed by atoms with E-state index in [1.165, 1.54) is 6.07 Å². The van der Waals surface area contributed by atoms with E-state index in [0.717, 1.165) is 39.1 Å². The van der Waals surface area contributed by atoms with Crippen molar-refractivity contribution in [2.75, 3.05) is 6.61 Å². The third kappa shape index (κ3) is 4.33. The molecule has 5 heteroatoms. The van der Waals surface area contributed by atoms with Gasteiger partial charge in [0.2, 0.25) is 0 Å². The molecule has 3 nitrogen and oxygen atoms in total. The van der Waals surface area contributed by atoms with E-state index in [9.17, 15) is 4.79 Å². The minimum Gasteiger partial charge on any atom is -0.493 e. The number of halogens is 2. The molecule has 0 bridgehead atoms. The van der Waals surface area contributed by atoms with Crippen LogP contribution in [0.2, 0.25) is 10.0 Å². The molecule has 0 aliphatic carbocycles. The van der Waals surface area contributed by atoms with Gasteiger partial charge in [0.15, 0.2) is 0 Å². The fourth-order valence-corrected chi connectivity index (χ4v) is 3.86. The third-order valence-corrected chi connectivity index (χ3v) is 5.85. The van der Waals surface area contributed by atoms with Gasteiger partial charge in [-0.1, -0.05) is 35.3 Å². The molecule has 0 N–H and O–H groups in total. The summed E-state index contributed by atoms with van der Waals surface area (Å²) in [6, 6.07) is 12.5. The predicted molar refractivity (Wildman–Crippen MR) is 123 cm³/mol. The molecule has 0 spiro atoms. The zero-order chi connectivity index (χ0) is 22.0. The summed E-state index contributed by atoms with van der Waals surface area (Å²) in [6.45, 7) is 10.7. The molecule has 0 amide bonds. The summed E-state index contributed by atoms with van der Waals surface area (Å²) in [6.07, 6.45) is 0. The molecule has 0 saturated heterocycles. The molecule has 156 valence electrons. The van der Waals surface area contributed by atoms with Gasteiger partial charge in [0, 0.05) is 16.1 Å². The highest BCUT2D eigenvalue weighted by molar-refractivity contribution is 6.36. The molecule has 0 aromatic heterocycles. The third-order valence-electron chi connectivity index (χ3n) is 5.30. The van der Waals surface area contributed by atoms with Crippen LogP contribution in [0.4, 0.5) is 0 Å². The Morgan fingerprint density at radius 3 is 1.97 bits per heavy atom. The molecule has 0 atom stereocenters. The molecule has 0 aliphatic heterocycles. The van der Waals surface area contributed by atoms with Crippen LogP contribution in [-0.2, 0) is 0 Å². The molecular formula is C25H24Cl2O3. The van der Waals surface area contributed by atoms with E-state index in [4.69, 9.17) is 32.7 Å². The molecule has 0 heterocycles. The van der Waals surface area contributed by atoms with Crippen LogP contribution in [0.5, 0.6) is 11.5 Å². The molecule has 0 aliphatic rings. The average molecular weight is 443 g/mol. The Bertz CT molecular complexity index is 1120. The predicted octanol–water partition coefficient (Wildman–Crippen LogP) is 7.51. The van der Waals surface area contributed by atoms with E-state index >= 15 is 0 Å². The van der Waals surface area contributed by atoms with Crippen molar-refractivity contribution in [3.8, 4) is 22.6 Å². The van der Waals surface area contributed by atoms with Crippen molar-refractivity contribution < 1.29 is 14.3 Å². The second-order valence-corrected chi connectivity index (χ2v) is 8.05. The number of aryl methyl sites for hydroxylation is 2. The summed E-state index contributed by atoms with van der Waals surface area (Å²) in [7, 11) is 0. The van der Waals surface area contributed by atoms with Gasteiger partial charge in [-0.15, -0.1) is 0 Å². The number of carbonyl (C=O) groups is 1. The summed E-state index contributed by atoms with van der Waals surface area (Å²) >= 11 is 12.2. The average Bonchev–Trinajstić information content (AvgIpc) is 2.69. The maximum absolute atomic E-state index is 12.9. The lowest BCUT2D eigenvalue weighted by Gasteiger charge is -2.21. The van der Waals surface area contributed by atoms with Gasteiger partial charge < -0.3 is 9.47 Å². The van der Waals surface area contributed by atoms with Crippen molar-refractivity contribution in [3.63, 3.8) is 0 Å². The van der Waals surface area contributed by atoms with Gasteiger partial charge in [0.05, 0.1) is 17.2 Å². The Morgan fingerprint density at radius 1 is 0.833 bits per heavy atom. The Kier molecular flexibility index (Phi) is 6.74. The molecule has 0 saturated carbocycles. The van der Waals surface area contributed by atoms with E-state index in [1.54, 1.807) is 12.1 Å². The van der Waals surface area contributed by atoms with E-state index < -0.39 is 5.97 Å². The molecule has 3 rings (SSSR count). The molecule has 3 aromatic rings. The summed E-state index contributed by atoms with van der Waals surface area (Å²) in [5, 5.41) is 0.708. The van der Waals surface area contributed by atoms with Crippen molar-refractivity contribution in [1.82, 2.24) is 0 Å². The summed E-state index contributed by atoms with van der Waals surface area (Å²) in [4.78, 5) is 12.9. The fraction of sp³-hybridized carbons (Fsp3) is 0.240. The van der Waals surface area contributed by atoms with Crippen LogP contribution in [-0.4, -0.2) is 12.6 Å². The first-order valence-electron chi connectivity index (χ1n) is 9.75. The topological polar surface area (TPSA) is 35.5 Å². The van der Waals surface area contributed by atoms with Gasteiger partial charge in [-0.05, 0) is 87.2 Å². The number of hydrogen-bond acceptors (Lipinski definition) is 3. The van der Waals surface area contributed by atoms with Crippen LogP contribution in [0.15, 0.2) is 42.5 Å². The standard InChI is InChI=1S/C25H24Cl2O3/c1-6-29-21-11-7-14(2)16(4)23(21)24-17(5)15(3)8-12-22(24)30-25(28)19-10-9-18(26)13-20(19)27/h7-13H,6H2,1-5H3. The normalized spacial score (nSPS) is 10.8. The summed E-state index contributed by atoms with van der Waals surface area (Å²) < 4.78 is 11.8. The molecule has 0 fully saturated rings. The smallest absolute Gasteiger partial charge is 0.345 e. The number of hydrogen-bond donors (Lipinski definition) is 0. The number of benzene rings is 3. The SMILES string of the molecule is CCOc1ccc(C)c(C)c1-c1c(OC(=O)c2ccc(Cl)cc2Cl)ccc(C)c1C. The highest BCUT2D eigenvalue weighted by atomic mass is 35.5. The zero-order valence-corrected chi connectivity index (χ0v) is 19.2. The Balaban J connectivity index is 2.17. The van der Waals surface area contributed by atoms with Crippen molar-refractivity contribution in [3.05, 3.63) is 80.3 Å². The quantitative estimate of drug-likeness (QED) is 0.302. The Hall–Kier alpha value is -2.49. The van der Waals surface area contributed by atoms with E-state index in [1.807, 2.05) is 45.0 Å². The van der Waals surface area contributed by atoms with Gasteiger partial charge in [-0.3, -0.25) is 0 Å². The van der Waals surface area contributed by atoms with Crippen molar-refractivity contribution >= 4 is 29.2 Å². The van der Waals surface area contributed by atoms with Crippen molar-refractivity contribution in [2.45, 2.75) is 34.6 Å². The maximum Gasteiger partial charge on any atom is 0.345 e. The first-order valence-corrected chi connectivity index (χ1v) is 10.5. The van der Waals surface area contributed by atoms with Crippen LogP contribution in [0, 0.1) is 27.7 Å². The molecule has 0 unspecified atom stereocenters. The molecule has 0 radical (unpaired) electrons. The monoisotopic (exact) mass is 442 g/mol. The van der Waals surface area contributed by atoms with E-state index in [-0.39, 0.29) is 10.6 Å². The first kappa shape index (κ1) is 22.2. The number of carbonyl (C=O) groups excluding carboxylic acids is 1. The van der Waals surface area contributed by atoms with Gasteiger partial charge in [0.1, 0.15) is 11.5 Å². The van der Waals surface area contributed by atoms with Crippen LogP contribution in [0.1, 0.15) is 39.5 Å². The number of rotatable bonds is 5. The van der Waals surface area contributed by atoms with Crippen LogP contribution < -0.4 is 9.47 Å². The minimum absolute atomic E-state index is 0.250. The van der Waals surface area contributed by atoms with Crippen molar-refractivity contribution in [1.29, 1.82) is 0 Å². The fourth-order valence-electron chi connectivity index (χ4n) is 3.37. The largest absolute Gasteiger partial charge is 0.493 e. The molecular weight excluding hydrogens is 419 g/mol. The molecule has 30 heavy (non-hydrogen) atoms. The lowest BCUT2D eigenvalue weighted by molar-refractivity contribution is 0.0735. The van der Waals surface area contributed by atoms with Crippen LogP contribution >= 0.6 is 23.2 Å². The van der Waals surface area contributed by atoms with E-state index in [0.29, 0.717) is 17.4 Å². The highest BCUT2D eigenvalue weighted by Gasteiger charge is 2.22. The maximum atomic E-state index is 12.9. The van der Waals surface area contributed by atoms with Crippen molar-refractivity contribution in [2.24, 2.45) is 0 Å². The lowest BCUT2D eigenvalue weighted by Crippen LogP contribution is -2.11. The molecule has 3 aromatic carbocycles. The lowest BCUT2D eigenvalue weighted by atomic mass is 9.90. The Morgan fingerprint density at radius 2 is 1.40 bits per heavy atom. The number of ether oxygens (including phenoxy) is 2. The van der Waals surface area contributed by atoms with E-state index in [2.05, 4.69) is 13.8 Å². The summed E-state index contributed by atoms with van der Waals surface area (Å²) in [5.74, 6) is 0.685.